The van der Waals surface area contributed by atoms with Crippen molar-refractivity contribution >= 4 is 17.8 Å². The Balaban J connectivity index is 1.84. The Morgan fingerprint density at radius 3 is 2.36 bits per heavy atom. The van der Waals surface area contributed by atoms with Gasteiger partial charge in [0, 0.05) is 6.42 Å². The van der Waals surface area contributed by atoms with Gasteiger partial charge in [-0.1, -0.05) is 31.4 Å². The summed E-state index contributed by atoms with van der Waals surface area (Å²) in [7, 11) is 0. The summed E-state index contributed by atoms with van der Waals surface area (Å²) >= 11 is 0. The lowest BCUT2D eigenvalue weighted by Crippen LogP contribution is -2.38. The number of carbonyl (C=O) groups is 3. The zero-order chi connectivity index (χ0) is 18.0. The van der Waals surface area contributed by atoms with E-state index in [0.717, 1.165) is 24.3 Å². The largest absolute Gasteiger partial charge is 0.465 e. The van der Waals surface area contributed by atoms with Gasteiger partial charge in [0.15, 0.2) is 6.04 Å². The number of ether oxygens (including phenoxy) is 1. The van der Waals surface area contributed by atoms with Crippen LogP contribution < -0.4 is 0 Å². The van der Waals surface area contributed by atoms with E-state index >= 15 is 0 Å². The van der Waals surface area contributed by atoms with Crippen molar-refractivity contribution in [3.8, 4) is 11.8 Å². The monoisotopic (exact) mass is 340 g/mol. The summed E-state index contributed by atoms with van der Waals surface area (Å²) in [5.74, 6) is 4.72. The van der Waals surface area contributed by atoms with Crippen LogP contribution in [0.2, 0.25) is 0 Å². The van der Waals surface area contributed by atoms with Crippen molar-refractivity contribution in [3.63, 3.8) is 0 Å². The number of imide groups is 1. The van der Waals surface area contributed by atoms with Crippen LogP contribution in [0.4, 0.5) is 0 Å². The van der Waals surface area contributed by atoms with Gasteiger partial charge < -0.3 is 4.74 Å². The zero-order valence-electron chi connectivity index (χ0n) is 14.3. The Morgan fingerprint density at radius 2 is 1.80 bits per heavy atom. The summed E-state index contributed by atoms with van der Waals surface area (Å²) in [5, 5.41) is 2.47. The van der Waals surface area contributed by atoms with Crippen LogP contribution in [0.25, 0.3) is 0 Å². The molecule has 0 saturated carbocycles. The first kappa shape index (κ1) is 17.2. The number of hydrazine groups is 1. The molecule has 130 valence electrons. The summed E-state index contributed by atoms with van der Waals surface area (Å²) in [5.41, 5.74) is 0.694. The minimum absolute atomic E-state index is 0.237. The van der Waals surface area contributed by atoms with Gasteiger partial charge >= 0.3 is 5.97 Å². The van der Waals surface area contributed by atoms with Crippen LogP contribution in [-0.4, -0.2) is 46.5 Å². The van der Waals surface area contributed by atoms with E-state index in [4.69, 9.17) is 4.74 Å². The van der Waals surface area contributed by atoms with Crippen molar-refractivity contribution in [1.29, 1.82) is 0 Å². The number of hydrogen-bond donors (Lipinski definition) is 0. The van der Waals surface area contributed by atoms with Crippen molar-refractivity contribution in [1.82, 2.24) is 10.0 Å². The molecular formula is C19H20N2O4. The van der Waals surface area contributed by atoms with Crippen LogP contribution >= 0.6 is 0 Å². The van der Waals surface area contributed by atoms with E-state index < -0.39 is 29.9 Å². The molecule has 6 nitrogen and oxygen atoms in total. The van der Waals surface area contributed by atoms with Gasteiger partial charge in [0.25, 0.3) is 11.8 Å². The van der Waals surface area contributed by atoms with E-state index in [0.29, 0.717) is 11.1 Å². The average molecular weight is 340 g/mol. The molecule has 1 unspecified atom stereocenters. The second-order valence-corrected chi connectivity index (χ2v) is 5.91. The van der Waals surface area contributed by atoms with Crippen molar-refractivity contribution < 1.29 is 19.1 Å². The quantitative estimate of drug-likeness (QED) is 0.270. The van der Waals surface area contributed by atoms with Crippen LogP contribution in [0, 0.1) is 11.8 Å². The highest BCUT2D eigenvalue weighted by atomic mass is 16.5. The van der Waals surface area contributed by atoms with E-state index in [1.165, 1.54) is 5.01 Å². The maximum Gasteiger partial charge on any atom is 0.328 e. The molecule has 0 aromatic heterocycles. The molecule has 1 fully saturated rings. The minimum Gasteiger partial charge on any atom is -0.465 e. The number of rotatable bonds is 5. The summed E-state index contributed by atoms with van der Waals surface area (Å²) in [6, 6.07) is 5.43. The predicted octanol–water partition coefficient (Wildman–Crippen LogP) is 2.01. The molecule has 2 heterocycles. The van der Waals surface area contributed by atoms with Gasteiger partial charge in [-0.15, -0.1) is 5.92 Å². The average Bonchev–Trinajstić information content (AvgIpc) is 3.26. The standard InChI is InChI=1S/C19H20N2O4/c1-3-5-6-7-12-15-16(19(24)25-4-2)20(15)21-17(22)13-10-8-9-11-14(13)18(21)23/h8-11,15-16H,3-6H2,1-2H3/t15-,16-,20?/m1/s1. The molecule has 6 heteroatoms. The first-order chi connectivity index (χ1) is 12.1. The van der Waals surface area contributed by atoms with Crippen molar-refractivity contribution in [3.05, 3.63) is 35.4 Å². The highest BCUT2D eigenvalue weighted by Crippen LogP contribution is 2.36. The molecule has 2 aliphatic rings. The number of esters is 1. The van der Waals surface area contributed by atoms with Crippen LogP contribution in [-0.2, 0) is 9.53 Å². The molecule has 3 rings (SSSR count). The van der Waals surface area contributed by atoms with E-state index in [1.807, 2.05) is 0 Å². The molecule has 1 saturated heterocycles. The summed E-state index contributed by atoms with van der Waals surface area (Å²) < 4.78 is 5.06. The minimum atomic E-state index is -0.712. The molecule has 0 spiro atoms. The summed E-state index contributed by atoms with van der Waals surface area (Å²) in [4.78, 5) is 37.4. The lowest BCUT2D eigenvalue weighted by atomic mass is 10.1. The van der Waals surface area contributed by atoms with Gasteiger partial charge in [-0.2, -0.15) is 10.0 Å². The van der Waals surface area contributed by atoms with Gasteiger partial charge in [0.1, 0.15) is 6.04 Å². The predicted molar refractivity (Wildman–Crippen MR) is 90.3 cm³/mol. The molecule has 0 radical (unpaired) electrons. The number of benzene rings is 1. The molecule has 0 bridgehead atoms. The SMILES string of the molecule is CCCCC#C[C@@H]1[C@H](C(=O)OCC)N1N1C(=O)c2ccccc2C1=O. The first-order valence-corrected chi connectivity index (χ1v) is 8.52. The highest BCUT2D eigenvalue weighted by molar-refractivity contribution is 6.21. The number of nitrogens with zero attached hydrogens (tertiary/aromatic N) is 2. The second kappa shape index (κ2) is 7.08. The molecule has 1 aromatic carbocycles. The van der Waals surface area contributed by atoms with Gasteiger partial charge in [0.05, 0.1) is 17.7 Å². The molecular weight excluding hydrogens is 320 g/mol. The normalized spacial score (nSPS) is 23.8. The third-order valence-electron chi connectivity index (χ3n) is 4.22. The molecule has 2 amide bonds. The Bertz CT molecular complexity index is 742. The topological polar surface area (TPSA) is 66.7 Å². The fourth-order valence-corrected chi connectivity index (χ4v) is 2.91. The zero-order valence-corrected chi connectivity index (χ0v) is 14.3. The number of unbranched alkanes of at least 4 members (excludes halogenated alkanes) is 2. The van der Waals surface area contributed by atoms with Crippen LogP contribution in [0.15, 0.2) is 24.3 Å². The third-order valence-corrected chi connectivity index (χ3v) is 4.22. The molecule has 0 aliphatic carbocycles. The van der Waals surface area contributed by atoms with Crippen LogP contribution in [0.3, 0.4) is 0 Å². The van der Waals surface area contributed by atoms with E-state index in [2.05, 4.69) is 18.8 Å². The van der Waals surface area contributed by atoms with Crippen LogP contribution in [0.1, 0.15) is 53.8 Å². The Morgan fingerprint density at radius 1 is 1.16 bits per heavy atom. The number of amides is 2. The highest BCUT2D eigenvalue weighted by Gasteiger charge is 2.61. The van der Waals surface area contributed by atoms with Gasteiger partial charge in [-0.3, -0.25) is 14.4 Å². The lowest BCUT2D eigenvalue weighted by Gasteiger charge is -2.15. The maximum absolute atomic E-state index is 12.6. The van der Waals surface area contributed by atoms with Gasteiger partial charge in [0.2, 0.25) is 0 Å². The Hall–Kier alpha value is -2.65. The van der Waals surface area contributed by atoms with E-state index in [1.54, 1.807) is 31.2 Å². The van der Waals surface area contributed by atoms with Crippen molar-refractivity contribution in [2.24, 2.45) is 0 Å². The smallest absolute Gasteiger partial charge is 0.328 e. The van der Waals surface area contributed by atoms with Crippen molar-refractivity contribution in [2.45, 2.75) is 45.2 Å². The number of carbonyl (C=O) groups excluding carboxylic acids is 3. The van der Waals surface area contributed by atoms with Gasteiger partial charge in [-0.25, -0.2) is 0 Å². The molecule has 25 heavy (non-hydrogen) atoms. The Kier molecular flexibility index (Phi) is 4.86. The summed E-state index contributed by atoms with van der Waals surface area (Å²) in [6.45, 7) is 4.03. The van der Waals surface area contributed by atoms with Gasteiger partial charge in [-0.05, 0) is 25.5 Å². The lowest BCUT2D eigenvalue weighted by molar-refractivity contribution is -0.144. The molecule has 0 N–H and O–H groups in total. The second-order valence-electron chi connectivity index (χ2n) is 5.91. The fourth-order valence-electron chi connectivity index (χ4n) is 2.91. The fraction of sp³-hybridized carbons (Fsp3) is 0.421. The molecule has 1 aromatic rings. The molecule has 3 atom stereocenters. The van der Waals surface area contributed by atoms with Crippen LogP contribution in [0.5, 0.6) is 0 Å². The van der Waals surface area contributed by atoms with E-state index in [9.17, 15) is 14.4 Å². The maximum atomic E-state index is 12.6. The summed E-state index contributed by atoms with van der Waals surface area (Å²) in [6.07, 6.45) is 2.72. The third kappa shape index (κ3) is 3.03. The van der Waals surface area contributed by atoms with E-state index in [-0.39, 0.29) is 6.61 Å². The number of hydrogen-bond acceptors (Lipinski definition) is 5. The first-order valence-electron chi connectivity index (χ1n) is 8.52. The Labute approximate surface area is 146 Å². The van der Waals surface area contributed by atoms with Crippen molar-refractivity contribution in [2.75, 3.05) is 6.61 Å². The number of fused-ring (bicyclic) bond motifs is 1. The molecule has 2 aliphatic heterocycles.